The van der Waals surface area contributed by atoms with Gasteiger partial charge in [-0.1, -0.05) is 24.3 Å². The van der Waals surface area contributed by atoms with Gasteiger partial charge < -0.3 is 69.7 Å². The molecular formula is C32H40N12Na4O16S4. The van der Waals surface area contributed by atoms with E-state index in [1.165, 1.54) is 36.0 Å². The first-order valence-corrected chi connectivity index (χ1v) is 24.0. The third kappa shape index (κ3) is 22.5. The van der Waals surface area contributed by atoms with E-state index in [1.807, 2.05) is 0 Å². The number of nitrogens with one attached hydrogen (secondary N) is 4. The Hall–Kier alpha value is -1.52. The number of aliphatic hydroxyl groups excluding tert-OH is 4. The second-order valence-corrected chi connectivity index (χ2v) is 19.1. The summed E-state index contributed by atoms with van der Waals surface area (Å²) in [6.45, 7) is -2.50. The maximum absolute atomic E-state index is 12.5. The zero-order valence-corrected chi connectivity index (χ0v) is 48.6. The molecule has 0 fully saturated rings. The van der Waals surface area contributed by atoms with Crippen molar-refractivity contribution in [2.45, 2.75) is 22.0 Å². The Kier molecular flexibility index (Phi) is 28.6. The van der Waals surface area contributed by atoms with E-state index in [9.17, 15) is 62.1 Å². The summed E-state index contributed by atoms with van der Waals surface area (Å²) in [5.41, 5.74) is -0.742. The molecule has 2 aromatic heterocycles. The molecule has 8 N–H and O–H groups in total. The van der Waals surface area contributed by atoms with Crippen LogP contribution in [-0.2, 0) is 40.5 Å². The smallest absolute Gasteiger partial charge is 0.748 e. The Bertz CT molecular complexity index is 2600. The molecular weight excluding hydrogens is 1030 g/mol. The summed E-state index contributed by atoms with van der Waals surface area (Å²) in [7, 11) is -17.1. The van der Waals surface area contributed by atoms with Crippen LogP contribution in [0.15, 0.2) is 46.2 Å². The summed E-state index contributed by atoms with van der Waals surface area (Å²) in [5, 5.41) is 48.4. The van der Waals surface area contributed by atoms with E-state index in [0.29, 0.717) is 0 Å². The molecule has 0 spiro atoms. The summed E-state index contributed by atoms with van der Waals surface area (Å²) < 4.78 is 142. The van der Waals surface area contributed by atoms with Crippen LogP contribution in [0.4, 0.5) is 47.1 Å². The largest absolute Gasteiger partial charge is 1.00 e. The molecule has 0 amide bonds. The second kappa shape index (κ2) is 29.2. The summed E-state index contributed by atoms with van der Waals surface area (Å²) >= 11 is 0. The van der Waals surface area contributed by atoms with Gasteiger partial charge in [-0.15, -0.1) is 0 Å². The van der Waals surface area contributed by atoms with Crippen LogP contribution in [0.5, 0.6) is 0 Å². The molecule has 0 aliphatic rings. The first-order valence-electron chi connectivity index (χ1n) is 18.0. The van der Waals surface area contributed by atoms with Gasteiger partial charge in [-0.25, -0.2) is 33.7 Å². The molecule has 0 saturated heterocycles. The van der Waals surface area contributed by atoms with Gasteiger partial charge in [0.2, 0.25) is 35.7 Å². The standard InChI is InChI=1S/C32H44N12O16S4.4Na/c1-43(9-11-61(49,50)51)31-39-27(33-15-23(47)17-45)37-29(41-31)35-21-7-5-19(25(13-21)63(55,56)57)3-4-20-6-8-22(14-26(20)64(58,59)60)36-30-38-28(34-16-24(48)18-46)40-32(42-30)44(2)10-12-62(52,53)54;;;;/h3-8,13-14,23-24,45-48H,9-12,15-18H2,1-2H3,(H,49,50,51)(H,52,53,54)(H,55,56,57)(H,58,59,60)(H2,33,35,37,39,41)(H2,34,36,38,40,42);;;;/q;4*+1/p-4. The zero-order valence-electron chi connectivity index (χ0n) is 37.3. The number of hydrogen-bond donors (Lipinski definition) is 8. The van der Waals surface area contributed by atoms with Crippen molar-refractivity contribution in [1.29, 1.82) is 0 Å². The third-order valence-electron chi connectivity index (χ3n) is 8.22. The molecule has 2 aromatic carbocycles. The summed E-state index contributed by atoms with van der Waals surface area (Å²) in [5.74, 6) is -3.08. The van der Waals surface area contributed by atoms with Crippen LogP contribution in [0.1, 0.15) is 11.1 Å². The Morgan fingerprint density at radius 2 is 0.882 bits per heavy atom. The molecule has 2 unspecified atom stereocenters. The number of rotatable bonds is 24. The van der Waals surface area contributed by atoms with Crippen molar-refractivity contribution < 1.29 is 191 Å². The van der Waals surface area contributed by atoms with E-state index >= 15 is 0 Å². The predicted octanol–water partition coefficient (Wildman–Crippen LogP) is -15.0. The van der Waals surface area contributed by atoms with Crippen LogP contribution in [0, 0.1) is 0 Å². The van der Waals surface area contributed by atoms with E-state index in [0.717, 1.165) is 36.4 Å². The molecule has 4 rings (SSSR count). The van der Waals surface area contributed by atoms with Crippen LogP contribution in [0.2, 0.25) is 0 Å². The second-order valence-electron chi connectivity index (χ2n) is 13.4. The third-order valence-corrected chi connectivity index (χ3v) is 11.4. The number of nitrogens with zero attached hydrogens (tertiary/aromatic N) is 8. The van der Waals surface area contributed by atoms with Crippen molar-refractivity contribution >= 4 is 99.7 Å². The van der Waals surface area contributed by atoms with Crippen molar-refractivity contribution in [2.24, 2.45) is 0 Å². The van der Waals surface area contributed by atoms with E-state index < -0.39 is 87.2 Å². The fraction of sp³-hybridized carbons (Fsp3) is 0.375. The SMILES string of the molecule is CN(CCS(=O)(=O)[O-])c1nc(NCC(O)CO)nc(Nc2ccc(C=Cc3ccc(Nc4nc(NCC(O)CO)nc(N(C)CCS(=O)(=O)[O-])n4)cc3S(=O)(=O)[O-])c(S(=O)(=O)[O-])c2)n1.[Na+].[Na+].[Na+].[Na+]. The van der Waals surface area contributed by atoms with Crippen LogP contribution < -0.4 is 149 Å². The van der Waals surface area contributed by atoms with Crippen LogP contribution >= 0.6 is 0 Å². The van der Waals surface area contributed by atoms with Crippen LogP contribution in [0.3, 0.4) is 0 Å². The Morgan fingerprint density at radius 3 is 1.18 bits per heavy atom. The maximum atomic E-state index is 12.5. The number of anilines is 8. The van der Waals surface area contributed by atoms with E-state index in [4.69, 9.17) is 10.2 Å². The molecule has 0 aliphatic carbocycles. The number of aliphatic hydroxyl groups is 4. The molecule has 0 radical (unpaired) electrons. The van der Waals surface area contributed by atoms with Gasteiger partial charge in [-0.05, 0) is 35.4 Å². The molecule has 0 bridgehead atoms. The molecule has 352 valence electrons. The first kappa shape index (κ1) is 66.5. The van der Waals surface area contributed by atoms with Gasteiger partial charge in [0.15, 0.2) is 0 Å². The van der Waals surface area contributed by atoms with Crippen molar-refractivity contribution in [2.75, 3.05) is 96.1 Å². The molecule has 2 heterocycles. The quantitative estimate of drug-likeness (QED) is 0.0183. The average Bonchev–Trinajstić information content (AvgIpc) is 3.21. The monoisotopic (exact) mass is 1070 g/mol. The van der Waals surface area contributed by atoms with Crippen molar-refractivity contribution in [1.82, 2.24) is 29.9 Å². The fourth-order valence-electron chi connectivity index (χ4n) is 4.96. The average molecular weight is 1070 g/mol. The van der Waals surface area contributed by atoms with Gasteiger partial charge in [0, 0.05) is 51.6 Å². The molecule has 4 aromatic rings. The molecule has 0 aliphatic heterocycles. The van der Waals surface area contributed by atoms with Crippen molar-refractivity contribution in [3.05, 3.63) is 47.5 Å². The Labute approximate surface area is 479 Å². The van der Waals surface area contributed by atoms with Crippen LogP contribution in [-0.4, -0.2) is 179 Å². The van der Waals surface area contributed by atoms with E-state index in [2.05, 4.69) is 51.2 Å². The van der Waals surface area contributed by atoms with E-state index in [1.54, 1.807) is 0 Å². The summed E-state index contributed by atoms with van der Waals surface area (Å²) in [4.78, 5) is 25.3. The van der Waals surface area contributed by atoms with Gasteiger partial charge in [-0.3, -0.25) is 0 Å². The molecule has 2 atom stereocenters. The summed E-state index contributed by atoms with van der Waals surface area (Å²) in [6.07, 6.45) is -0.427. The van der Waals surface area contributed by atoms with E-state index in [-0.39, 0.29) is 203 Å². The van der Waals surface area contributed by atoms with Crippen molar-refractivity contribution in [3.8, 4) is 0 Å². The maximum Gasteiger partial charge on any atom is 1.00 e. The number of benzene rings is 2. The van der Waals surface area contributed by atoms with Gasteiger partial charge in [0.1, 0.15) is 20.2 Å². The van der Waals surface area contributed by atoms with Gasteiger partial charge in [0.05, 0.1) is 67.0 Å². The molecule has 36 heteroatoms. The first-order chi connectivity index (χ1) is 29.7. The van der Waals surface area contributed by atoms with Gasteiger partial charge >= 0.3 is 118 Å². The van der Waals surface area contributed by atoms with Crippen molar-refractivity contribution in [3.63, 3.8) is 0 Å². The number of hydrogen-bond acceptors (Lipinski definition) is 28. The fourth-order valence-corrected chi connectivity index (χ4v) is 7.34. The minimum atomic E-state index is -5.28. The van der Waals surface area contributed by atoms with Crippen LogP contribution in [0.25, 0.3) is 12.2 Å². The summed E-state index contributed by atoms with van der Waals surface area (Å²) in [6, 6.07) is 6.58. The normalized spacial score (nSPS) is 12.6. The molecule has 0 saturated carbocycles. The Morgan fingerprint density at radius 1 is 0.559 bits per heavy atom. The zero-order chi connectivity index (χ0) is 47.6. The minimum absolute atomic E-state index is 0. The molecule has 28 nitrogen and oxygen atoms in total. The minimum Gasteiger partial charge on any atom is -0.748 e. The number of aromatic nitrogens is 6. The molecule has 68 heavy (non-hydrogen) atoms. The van der Waals surface area contributed by atoms with Gasteiger partial charge in [-0.2, -0.15) is 29.9 Å². The topological polar surface area (TPSA) is 442 Å². The van der Waals surface area contributed by atoms with Gasteiger partial charge in [0.25, 0.3) is 0 Å². The predicted molar refractivity (Wildman–Crippen MR) is 223 cm³/mol. The Balaban J connectivity index is 0.0000112.